The maximum Gasteiger partial charge on any atom is 0.410 e. The van der Waals surface area contributed by atoms with Crippen LogP contribution < -0.4 is 10.6 Å². The Bertz CT molecular complexity index is 320. The van der Waals surface area contributed by atoms with Gasteiger partial charge >= 0.3 is 6.09 Å². The molecule has 19 heavy (non-hydrogen) atoms. The Balaban J connectivity index is 2.32. The molecule has 5 nitrogen and oxygen atoms in total. The van der Waals surface area contributed by atoms with Crippen LogP contribution in [0.1, 0.15) is 40.5 Å². The number of carbonyl (C=O) groups is 1. The zero-order valence-electron chi connectivity index (χ0n) is 12.3. The van der Waals surface area contributed by atoms with E-state index in [0.29, 0.717) is 24.2 Å². The van der Waals surface area contributed by atoms with E-state index in [9.17, 15) is 4.79 Å². The molecule has 1 aliphatic rings. The lowest BCUT2D eigenvalue weighted by Gasteiger charge is -2.34. The number of amides is 1. The van der Waals surface area contributed by atoms with Gasteiger partial charge in [0, 0.05) is 25.7 Å². The summed E-state index contributed by atoms with van der Waals surface area (Å²) in [6.45, 7) is 9.90. The Morgan fingerprint density at radius 3 is 2.42 bits per heavy atom. The molecule has 1 amide bonds. The van der Waals surface area contributed by atoms with Crippen molar-refractivity contribution < 1.29 is 9.53 Å². The summed E-state index contributed by atoms with van der Waals surface area (Å²) in [4.78, 5) is 13.7. The molecule has 0 aromatic heterocycles. The van der Waals surface area contributed by atoms with Crippen LogP contribution >= 0.6 is 12.2 Å². The van der Waals surface area contributed by atoms with Gasteiger partial charge in [-0.15, -0.1) is 0 Å². The summed E-state index contributed by atoms with van der Waals surface area (Å²) >= 11 is 5.16. The summed E-state index contributed by atoms with van der Waals surface area (Å²) in [6.07, 6.45) is 1.57. The fourth-order valence-corrected chi connectivity index (χ4v) is 2.24. The summed E-state index contributed by atoms with van der Waals surface area (Å²) in [6, 6.07) is 0.338. The number of nitrogens with one attached hydrogen (secondary N) is 2. The summed E-state index contributed by atoms with van der Waals surface area (Å²) in [5, 5.41) is 7.03. The Morgan fingerprint density at radius 2 is 1.95 bits per heavy atom. The van der Waals surface area contributed by atoms with Crippen LogP contribution in [0, 0.1) is 0 Å². The minimum atomic E-state index is -0.432. The number of likely N-dealkylation sites (tertiary alicyclic amines) is 1. The van der Waals surface area contributed by atoms with E-state index in [1.807, 2.05) is 27.7 Å². The van der Waals surface area contributed by atoms with E-state index in [2.05, 4.69) is 10.6 Å². The first-order valence-electron chi connectivity index (χ1n) is 6.84. The van der Waals surface area contributed by atoms with Gasteiger partial charge in [-0.3, -0.25) is 0 Å². The van der Waals surface area contributed by atoms with Crippen molar-refractivity contribution in [3.05, 3.63) is 0 Å². The predicted octanol–water partition coefficient (Wildman–Crippen LogP) is 1.87. The number of thiocarbonyl (C=S) groups is 1. The molecule has 1 aliphatic heterocycles. The van der Waals surface area contributed by atoms with Gasteiger partial charge < -0.3 is 20.3 Å². The van der Waals surface area contributed by atoms with E-state index in [1.165, 1.54) is 0 Å². The standard InChI is InChI=1S/C13H25N3O2S/c1-5-14-11(19)15-10-6-8-16(9-7-10)12(17)18-13(2,3)4/h10H,5-9H2,1-4H3,(H2,14,15,19). The Kier molecular flexibility index (Phi) is 5.85. The minimum absolute atomic E-state index is 0.222. The second kappa shape index (κ2) is 6.93. The van der Waals surface area contributed by atoms with Crippen molar-refractivity contribution in [3.8, 4) is 0 Å². The van der Waals surface area contributed by atoms with Crippen molar-refractivity contribution in [1.82, 2.24) is 15.5 Å². The van der Waals surface area contributed by atoms with Gasteiger partial charge in [-0.05, 0) is 52.8 Å². The quantitative estimate of drug-likeness (QED) is 0.759. The molecule has 1 fully saturated rings. The number of carbonyl (C=O) groups excluding carboxylic acids is 1. The average molecular weight is 287 g/mol. The van der Waals surface area contributed by atoms with Gasteiger partial charge in [-0.25, -0.2) is 4.79 Å². The number of piperidine rings is 1. The van der Waals surface area contributed by atoms with Gasteiger partial charge in [0.2, 0.25) is 0 Å². The monoisotopic (exact) mass is 287 g/mol. The van der Waals surface area contributed by atoms with E-state index in [0.717, 1.165) is 19.4 Å². The molecule has 1 saturated heterocycles. The molecule has 0 spiro atoms. The van der Waals surface area contributed by atoms with Crippen LogP contribution in [0.2, 0.25) is 0 Å². The molecular weight excluding hydrogens is 262 g/mol. The average Bonchev–Trinajstić information content (AvgIpc) is 2.27. The fourth-order valence-electron chi connectivity index (χ4n) is 1.93. The first kappa shape index (κ1) is 16.0. The lowest BCUT2D eigenvalue weighted by Crippen LogP contribution is -2.49. The third-order valence-corrected chi connectivity index (χ3v) is 3.08. The lowest BCUT2D eigenvalue weighted by molar-refractivity contribution is 0.0203. The van der Waals surface area contributed by atoms with Crippen molar-refractivity contribution in [2.45, 2.75) is 52.2 Å². The van der Waals surface area contributed by atoms with Crippen molar-refractivity contribution in [3.63, 3.8) is 0 Å². The second-order valence-corrected chi connectivity index (χ2v) is 6.15. The highest BCUT2D eigenvalue weighted by molar-refractivity contribution is 7.80. The van der Waals surface area contributed by atoms with Crippen LogP contribution in [0.25, 0.3) is 0 Å². The lowest BCUT2D eigenvalue weighted by atomic mass is 10.1. The Hall–Kier alpha value is -1.04. The van der Waals surface area contributed by atoms with Crippen LogP contribution in [0.4, 0.5) is 4.79 Å². The molecule has 110 valence electrons. The van der Waals surface area contributed by atoms with E-state index in [-0.39, 0.29) is 6.09 Å². The molecule has 0 aliphatic carbocycles. The number of rotatable bonds is 2. The van der Waals surface area contributed by atoms with Crippen molar-refractivity contribution in [1.29, 1.82) is 0 Å². The van der Waals surface area contributed by atoms with Gasteiger partial charge in [0.15, 0.2) is 5.11 Å². The Morgan fingerprint density at radius 1 is 1.37 bits per heavy atom. The van der Waals surface area contributed by atoms with Crippen LogP contribution in [0.3, 0.4) is 0 Å². The van der Waals surface area contributed by atoms with Gasteiger partial charge in [0.25, 0.3) is 0 Å². The summed E-state index contributed by atoms with van der Waals surface area (Å²) in [5.74, 6) is 0. The predicted molar refractivity (Wildman–Crippen MR) is 80.2 cm³/mol. The molecule has 0 unspecified atom stereocenters. The van der Waals surface area contributed by atoms with Gasteiger partial charge in [0.05, 0.1) is 0 Å². The van der Waals surface area contributed by atoms with Gasteiger partial charge in [0.1, 0.15) is 5.60 Å². The molecule has 1 rings (SSSR count). The molecule has 6 heteroatoms. The molecular formula is C13H25N3O2S. The zero-order chi connectivity index (χ0) is 14.5. The van der Waals surface area contributed by atoms with Crippen LogP contribution in [-0.4, -0.2) is 47.4 Å². The smallest absolute Gasteiger partial charge is 0.410 e. The highest BCUT2D eigenvalue weighted by Crippen LogP contribution is 2.15. The molecule has 0 saturated carbocycles. The first-order chi connectivity index (χ1) is 8.81. The summed E-state index contributed by atoms with van der Waals surface area (Å²) in [5.41, 5.74) is -0.432. The van der Waals surface area contributed by atoms with Gasteiger partial charge in [-0.1, -0.05) is 0 Å². The van der Waals surface area contributed by atoms with Crippen LogP contribution in [0.5, 0.6) is 0 Å². The number of hydrogen-bond donors (Lipinski definition) is 2. The largest absolute Gasteiger partial charge is 0.444 e. The molecule has 0 aromatic rings. The Labute approximate surface area is 121 Å². The normalized spacial score (nSPS) is 16.9. The molecule has 0 atom stereocenters. The van der Waals surface area contributed by atoms with E-state index in [1.54, 1.807) is 4.90 Å². The van der Waals surface area contributed by atoms with Crippen molar-refractivity contribution in [2.24, 2.45) is 0 Å². The van der Waals surface area contributed by atoms with E-state index >= 15 is 0 Å². The maximum absolute atomic E-state index is 11.9. The highest BCUT2D eigenvalue weighted by Gasteiger charge is 2.26. The highest BCUT2D eigenvalue weighted by atomic mass is 32.1. The van der Waals surface area contributed by atoms with E-state index in [4.69, 9.17) is 17.0 Å². The summed E-state index contributed by atoms with van der Waals surface area (Å²) in [7, 11) is 0. The first-order valence-corrected chi connectivity index (χ1v) is 7.25. The molecule has 2 N–H and O–H groups in total. The van der Waals surface area contributed by atoms with Crippen molar-refractivity contribution >= 4 is 23.4 Å². The molecule has 1 heterocycles. The fraction of sp³-hybridized carbons (Fsp3) is 0.846. The molecule has 0 bridgehead atoms. The van der Waals surface area contributed by atoms with Gasteiger partial charge in [-0.2, -0.15) is 0 Å². The molecule has 0 aromatic carbocycles. The number of ether oxygens (including phenoxy) is 1. The van der Waals surface area contributed by atoms with E-state index < -0.39 is 5.60 Å². The zero-order valence-corrected chi connectivity index (χ0v) is 13.1. The topological polar surface area (TPSA) is 53.6 Å². The van der Waals surface area contributed by atoms with Crippen LogP contribution in [-0.2, 0) is 4.74 Å². The minimum Gasteiger partial charge on any atom is -0.444 e. The third-order valence-electron chi connectivity index (χ3n) is 2.82. The number of hydrogen-bond acceptors (Lipinski definition) is 3. The second-order valence-electron chi connectivity index (χ2n) is 5.75. The SMILES string of the molecule is CCNC(=S)NC1CCN(C(=O)OC(C)(C)C)CC1. The number of nitrogens with zero attached hydrogens (tertiary/aromatic N) is 1. The van der Waals surface area contributed by atoms with Crippen molar-refractivity contribution in [2.75, 3.05) is 19.6 Å². The van der Waals surface area contributed by atoms with Crippen LogP contribution in [0.15, 0.2) is 0 Å². The molecule has 0 radical (unpaired) electrons. The summed E-state index contributed by atoms with van der Waals surface area (Å²) < 4.78 is 5.36. The third kappa shape index (κ3) is 6.09. The maximum atomic E-state index is 11.9.